The van der Waals surface area contributed by atoms with Crippen molar-refractivity contribution in [1.82, 2.24) is 9.55 Å². The van der Waals surface area contributed by atoms with Crippen LogP contribution in [-0.4, -0.2) is 22.8 Å². The molecule has 0 aliphatic heterocycles. The van der Waals surface area contributed by atoms with Gasteiger partial charge in [-0.1, -0.05) is 23.7 Å². The molecule has 0 unspecified atom stereocenters. The van der Waals surface area contributed by atoms with E-state index in [9.17, 15) is 4.57 Å². The van der Waals surface area contributed by atoms with E-state index < -0.39 is 7.60 Å². The van der Waals surface area contributed by atoms with Gasteiger partial charge in [0.15, 0.2) is 0 Å². The van der Waals surface area contributed by atoms with E-state index in [1.165, 1.54) is 11.1 Å². The van der Waals surface area contributed by atoms with Gasteiger partial charge in [-0.15, -0.1) is 0 Å². The number of nitrogens with zero attached hydrogens (tertiary/aromatic N) is 2. The van der Waals surface area contributed by atoms with E-state index in [4.69, 9.17) is 25.6 Å². The number of aromatic nitrogens is 2. The van der Waals surface area contributed by atoms with Gasteiger partial charge in [0.1, 0.15) is 12.0 Å². The predicted molar refractivity (Wildman–Crippen MR) is 114 cm³/mol. The number of imidazole rings is 1. The molecule has 0 aliphatic rings. The van der Waals surface area contributed by atoms with Crippen LogP contribution in [0.3, 0.4) is 0 Å². The summed E-state index contributed by atoms with van der Waals surface area (Å²) in [6.45, 7) is 9.03. The van der Waals surface area contributed by atoms with Crippen LogP contribution in [0.5, 0.6) is 0 Å². The van der Waals surface area contributed by atoms with Crippen LogP contribution in [0, 0.1) is 13.8 Å². The summed E-state index contributed by atoms with van der Waals surface area (Å²) in [6.07, 6.45) is 0.134. The van der Waals surface area contributed by atoms with Gasteiger partial charge in [0.05, 0.1) is 24.2 Å². The highest BCUT2D eigenvalue weighted by Gasteiger charge is 2.28. The van der Waals surface area contributed by atoms with Gasteiger partial charge >= 0.3 is 7.60 Å². The molecule has 28 heavy (non-hydrogen) atoms. The molecule has 5 nitrogen and oxygen atoms in total. The summed E-state index contributed by atoms with van der Waals surface area (Å²) in [5.41, 5.74) is 5.34. The van der Waals surface area contributed by atoms with Gasteiger partial charge in [-0.25, -0.2) is 4.98 Å². The lowest BCUT2D eigenvalue weighted by atomic mass is 10.1. The third-order valence-electron chi connectivity index (χ3n) is 4.68. The minimum Gasteiger partial charge on any atom is -0.323 e. The topological polar surface area (TPSA) is 53.3 Å². The maximum Gasteiger partial charge on any atom is 0.338 e. The number of fused-ring (bicyclic) bond motifs is 1. The summed E-state index contributed by atoms with van der Waals surface area (Å²) >= 11 is 6.03. The molecule has 3 aromatic rings. The second-order valence-electron chi connectivity index (χ2n) is 6.77. The van der Waals surface area contributed by atoms with E-state index in [1.807, 2.05) is 38.1 Å². The lowest BCUT2D eigenvalue weighted by Crippen LogP contribution is -2.08. The molecule has 0 aliphatic carbocycles. The van der Waals surface area contributed by atoms with Gasteiger partial charge in [-0.3, -0.25) is 4.57 Å². The Morgan fingerprint density at radius 2 is 1.64 bits per heavy atom. The van der Waals surface area contributed by atoms with Crippen molar-refractivity contribution in [2.75, 3.05) is 13.2 Å². The highest BCUT2D eigenvalue weighted by atomic mass is 35.5. The van der Waals surface area contributed by atoms with Crippen molar-refractivity contribution < 1.29 is 13.6 Å². The van der Waals surface area contributed by atoms with Gasteiger partial charge in [-0.2, -0.15) is 0 Å². The average molecular weight is 421 g/mol. The third-order valence-corrected chi connectivity index (χ3v) is 6.91. The van der Waals surface area contributed by atoms with Crippen molar-refractivity contribution in [3.8, 4) is 0 Å². The van der Waals surface area contributed by atoms with E-state index in [-0.39, 0.29) is 6.16 Å². The van der Waals surface area contributed by atoms with Gasteiger partial charge in [0.25, 0.3) is 0 Å². The molecule has 3 rings (SSSR count). The molecular formula is C21H26ClN2O3P. The van der Waals surface area contributed by atoms with E-state index in [0.29, 0.717) is 30.6 Å². The molecular weight excluding hydrogens is 395 g/mol. The Kier molecular flexibility index (Phi) is 6.61. The molecule has 7 heteroatoms. The molecule has 0 amide bonds. The first kappa shape index (κ1) is 21.1. The number of hydrogen-bond acceptors (Lipinski definition) is 4. The molecule has 1 aromatic heterocycles. The number of benzene rings is 2. The Bertz CT molecular complexity index is 1000. The van der Waals surface area contributed by atoms with Crippen LogP contribution in [0.1, 0.15) is 36.4 Å². The average Bonchev–Trinajstić information content (AvgIpc) is 2.93. The highest BCUT2D eigenvalue weighted by molar-refractivity contribution is 7.53. The smallest absolute Gasteiger partial charge is 0.323 e. The Hall–Kier alpha value is -1.65. The largest absolute Gasteiger partial charge is 0.338 e. The second kappa shape index (κ2) is 8.79. The summed E-state index contributed by atoms with van der Waals surface area (Å²) in [5.74, 6) is 0.695. The van der Waals surface area contributed by atoms with E-state index in [1.54, 1.807) is 0 Å². The third kappa shape index (κ3) is 4.66. The number of rotatable bonds is 8. The fourth-order valence-corrected chi connectivity index (χ4v) is 4.95. The quantitative estimate of drug-likeness (QED) is 0.412. The van der Waals surface area contributed by atoms with Crippen LogP contribution < -0.4 is 0 Å². The van der Waals surface area contributed by atoms with E-state index in [0.717, 1.165) is 16.6 Å². The summed E-state index contributed by atoms with van der Waals surface area (Å²) < 4.78 is 26.2. The fourth-order valence-electron chi connectivity index (χ4n) is 3.19. The standard InChI is InChI=1S/C21H26ClN2O3P/c1-5-26-28(25,27-6-2)14-21-23-19-11-15(3)16(4)12-20(19)24(21)13-17-7-9-18(22)10-8-17/h7-12H,5-6,13-14H2,1-4H3. The molecule has 0 bridgehead atoms. The summed E-state index contributed by atoms with van der Waals surface area (Å²) in [6, 6.07) is 11.9. The number of aryl methyl sites for hydroxylation is 2. The molecule has 0 saturated carbocycles. The molecule has 0 spiro atoms. The molecule has 0 atom stereocenters. The lowest BCUT2D eigenvalue weighted by molar-refractivity contribution is 0.218. The Morgan fingerprint density at radius 3 is 2.25 bits per heavy atom. The van der Waals surface area contributed by atoms with Gasteiger partial charge in [0, 0.05) is 11.6 Å². The minimum atomic E-state index is -3.26. The van der Waals surface area contributed by atoms with E-state index >= 15 is 0 Å². The molecule has 1 heterocycles. The van der Waals surface area contributed by atoms with Crippen LogP contribution in [0.2, 0.25) is 5.02 Å². The molecule has 0 radical (unpaired) electrons. The van der Waals surface area contributed by atoms with Crippen molar-refractivity contribution in [1.29, 1.82) is 0 Å². The normalized spacial score (nSPS) is 12.0. The zero-order valence-electron chi connectivity index (χ0n) is 16.7. The Labute approximate surface area is 171 Å². The van der Waals surface area contributed by atoms with Crippen molar-refractivity contribution >= 4 is 30.2 Å². The number of hydrogen-bond donors (Lipinski definition) is 0. The summed E-state index contributed by atoms with van der Waals surface area (Å²) in [7, 11) is -3.26. The van der Waals surface area contributed by atoms with Crippen molar-refractivity contribution in [3.63, 3.8) is 0 Å². The second-order valence-corrected chi connectivity index (χ2v) is 9.26. The number of halogens is 1. The first-order valence-electron chi connectivity index (χ1n) is 9.44. The molecule has 0 N–H and O–H groups in total. The Balaban J connectivity index is 2.09. The van der Waals surface area contributed by atoms with Crippen LogP contribution >= 0.6 is 19.2 Å². The van der Waals surface area contributed by atoms with Gasteiger partial charge in [-0.05, 0) is 68.7 Å². The van der Waals surface area contributed by atoms with Crippen LogP contribution in [0.4, 0.5) is 0 Å². The van der Waals surface area contributed by atoms with Gasteiger partial charge < -0.3 is 13.6 Å². The Morgan fingerprint density at radius 1 is 1.04 bits per heavy atom. The summed E-state index contributed by atoms with van der Waals surface area (Å²) in [4.78, 5) is 4.78. The molecule has 150 valence electrons. The van der Waals surface area contributed by atoms with Gasteiger partial charge in [0.2, 0.25) is 0 Å². The van der Waals surface area contributed by atoms with Crippen LogP contribution in [-0.2, 0) is 26.3 Å². The maximum absolute atomic E-state index is 13.1. The molecule has 2 aromatic carbocycles. The predicted octanol–water partition coefficient (Wildman–Crippen LogP) is 6.12. The highest BCUT2D eigenvalue weighted by Crippen LogP contribution is 2.51. The summed E-state index contributed by atoms with van der Waals surface area (Å²) in [5, 5.41) is 0.697. The van der Waals surface area contributed by atoms with Crippen LogP contribution in [0.25, 0.3) is 11.0 Å². The first-order chi connectivity index (χ1) is 13.3. The zero-order chi connectivity index (χ0) is 20.3. The van der Waals surface area contributed by atoms with Crippen molar-refractivity contribution in [2.24, 2.45) is 0 Å². The van der Waals surface area contributed by atoms with E-state index in [2.05, 4.69) is 30.5 Å². The van der Waals surface area contributed by atoms with Crippen LogP contribution in [0.15, 0.2) is 36.4 Å². The van der Waals surface area contributed by atoms with Crippen molar-refractivity contribution in [2.45, 2.75) is 40.4 Å². The molecule has 0 saturated heterocycles. The molecule has 0 fully saturated rings. The first-order valence-corrected chi connectivity index (χ1v) is 11.5. The monoisotopic (exact) mass is 420 g/mol. The maximum atomic E-state index is 13.1. The van der Waals surface area contributed by atoms with Crippen molar-refractivity contribution in [3.05, 3.63) is 63.9 Å². The minimum absolute atomic E-state index is 0.134. The fraction of sp³-hybridized carbons (Fsp3) is 0.381. The SMILES string of the molecule is CCOP(=O)(Cc1nc2cc(C)c(C)cc2n1Cc1ccc(Cl)cc1)OCC. The zero-order valence-corrected chi connectivity index (χ0v) is 18.4. The lowest BCUT2D eigenvalue weighted by Gasteiger charge is -2.17.